The number of imidazole rings is 1. The highest BCUT2D eigenvalue weighted by Gasteiger charge is 2.17. The summed E-state index contributed by atoms with van der Waals surface area (Å²) in [6, 6.07) is 14.9. The molecular weight excluding hydrogens is 368 g/mol. The van der Waals surface area contributed by atoms with Crippen LogP contribution in [0.1, 0.15) is 16.2 Å². The van der Waals surface area contributed by atoms with Crippen LogP contribution in [0.15, 0.2) is 53.9 Å². The normalized spacial score (nSPS) is 13.5. The Morgan fingerprint density at radius 3 is 2.81 bits per heavy atom. The Morgan fingerprint density at radius 2 is 2.04 bits per heavy atom. The number of hydrogen-bond donors (Lipinski definition) is 2. The minimum absolute atomic E-state index is 0.110. The Balaban J connectivity index is 1.52. The molecule has 1 aromatic heterocycles. The van der Waals surface area contributed by atoms with E-state index < -0.39 is 0 Å². The molecule has 1 amide bonds. The molecule has 0 radical (unpaired) electrons. The van der Waals surface area contributed by atoms with Crippen LogP contribution in [0.4, 0.5) is 0 Å². The Labute approximate surface area is 160 Å². The first-order valence-electron chi connectivity index (χ1n) is 8.27. The third kappa shape index (κ3) is 3.43. The number of nitrogens with one attached hydrogen (secondary N) is 2. The summed E-state index contributed by atoms with van der Waals surface area (Å²) in [5.41, 5.74) is 3.63. The maximum absolute atomic E-state index is 12.3. The number of amides is 1. The zero-order valence-corrected chi connectivity index (χ0v) is 15.5. The number of aromatic nitrogens is 2. The van der Waals surface area contributed by atoms with Gasteiger partial charge in [-0.15, -0.1) is 11.8 Å². The quantitative estimate of drug-likeness (QED) is 0.704. The van der Waals surface area contributed by atoms with Gasteiger partial charge in [0.25, 0.3) is 5.91 Å². The molecule has 132 valence electrons. The summed E-state index contributed by atoms with van der Waals surface area (Å²) in [6.45, 7) is 1.15. The highest BCUT2D eigenvalue weighted by atomic mass is 35.5. The Morgan fingerprint density at radius 1 is 1.23 bits per heavy atom. The number of halogens is 1. The van der Waals surface area contributed by atoms with Gasteiger partial charge < -0.3 is 15.2 Å². The molecule has 0 unspecified atom stereocenters. The number of thioether (sulfide) groups is 1. The number of carbonyl (C=O) groups is 1. The minimum Gasteiger partial charge on any atom is -0.372 e. The van der Waals surface area contributed by atoms with Crippen molar-refractivity contribution in [1.29, 1.82) is 0 Å². The molecule has 2 heterocycles. The second-order valence-electron chi connectivity index (χ2n) is 5.86. The molecule has 0 saturated carbocycles. The van der Waals surface area contributed by atoms with Crippen molar-refractivity contribution in [2.75, 3.05) is 12.4 Å². The summed E-state index contributed by atoms with van der Waals surface area (Å²) in [5, 5.41) is 9.01. The van der Waals surface area contributed by atoms with Crippen LogP contribution in [0.5, 0.6) is 0 Å². The van der Waals surface area contributed by atoms with Crippen molar-refractivity contribution in [3.05, 3.63) is 70.3 Å². The van der Waals surface area contributed by atoms with Crippen LogP contribution in [0, 0.1) is 0 Å². The molecule has 0 saturated heterocycles. The molecule has 0 bridgehead atoms. The van der Waals surface area contributed by atoms with Crippen molar-refractivity contribution in [2.45, 2.75) is 6.54 Å². The molecule has 0 aliphatic carbocycles. The number of hydrogen-bond acceptors (Lipinski definition) is 4. The third-order valence-corrected chi connectivity index (χ3v) is 5.14. The Kier molecular flexibility index (Phi) is 4.86. The van der Waals surface area contributed by atoms with Crippen LogP contribution >= 0.6 is 23.4 Å². The van der Waals surface area contributed by atoms with Gasteiger partial charge >= 0.3 is 0 Å². The van der Waals surface area contributed by atoms with Gasteiger partial charge in [0, 0.05) is 23.7 Å². The fourth-order valence-electron chi connectivity index (χ4n) is 2.91. The smallest absolute Gasteiger partial charge is 0.251 e. The van der Waals surface area contributed by atoms with Crippen LogP contribution in [-0.4, -0.2) is 27.9 Å². The second-order valence-corrected chi connectivity index (χ2v) is 7.15. The minimum atomic E-state index is -0.110. The van der Waals surface area contributed by atoms with Crippen LogP contribution in [0.2, 0.25) is 5.02 Å². The van der Waals surface area contributed by atoms with E-state index >= 15 is 0 Å². The standard InChI is InChI=1S/C19H17ClN4OS/c20-14-7-5-13(6-8-14)19(25)21-9-10-24-17-4-2-1-3-15(17)23-18(24)16-11-26-12-22-16/h1-8,11,22H,9-10,12H2,(H,21,25). The highest BCUT2D eigenvalue weighted by molar-refractivity contribution is 8.02. The predicted octanol–water partition coefficient (Wildman–Crippen LogP) is 3.71. The zero-order valence-electron chi connectivity index (χ0n) is 13.9. The average Bonchev–Trinajstić information content (AvgIpc) is 3.30. The van der Waals surface area contributed by atoms with Crippen molar-refractivity contribution < 1.29 is 4.79 Å². The fraction of sp³-hybridized carbons (Fsp3) is 0.158. The van der Waals surface area contributed by atoms with E-state index in [1.165, 1.54) is 0 Å². The average molecular weight is 385 g/mol. The Bertz CT molecular complexity index is 981. The first-order valence-corrected chi connectivity index (χ1v) is 9.70. The lowest BCUT2D eigenvalue weighted by atomic mass is 10.2. The molecule has 3 aromatic rings. The van der Waals surface area contributed by atoms with Crippen LogP contribution in [0.3, 0.4) is 0 Å². The van der Waals surface area contributed by atoms with Crippen molar-refractivity contribution >= 4 is 46.0 Å². The van der Waals surface area contributed by atoms with Gasteiger partial charge in [0.2, 0.25) is 0 Å². The van der Waals surface area contributed by atoms with E-state index in [1.807, 2.05) is 18.2 Å². The molecule has 0 spiro atoms. The maximum Gasteiger partial charge on any atom is 0.251 e. The van der Waals surface area contributed by atoms with E-state index in [0.29, 0.717) is 23.7 Å². The van der Waals surface area contributed by atoms with Gasteiger partial charge in [-0.05, 0) is 41.8 Å². The molecule has 7 heteroatoms. The first kappa shape index (κ1) is 17.0. The molecule has 0 atom stereocenters. The first-order chi connectivity index (χ1) is 12.7. The van der Waals surface area contributed by atoms with Gasteiger partial charge in [-0.2, -0.15) is 0 Å². The SMILES string of the molecule is O=C(NCCn1c(C2=CSCN2)nc2ccccc21)c1ccc(Cl)cc1. The number of para-hydroxylation sites is 2. The van der Waals surface area contributed by atoms with Crippen LogP contribution in [-0.2, 0) is 6.54 Å². The lowest BCUT2D eigenvalue weighted by molar-refractivity contribution is 0.0952. The van der Waals surface area contributed by atoms with Crippen molar-refractivity contribution in [1.82, 2.24) is 20.2 Å². The summed E-state index contributed by atoms with van der Waals surface area (Å²) >= 11 is 7.58. The van der Waals surface area contributed by atoms with Gasteiger partial charge in [0.1, 0.15) is 0 Å². The van der Waals surface area contributed by atoms with E-state index in [1.54, 1.807) is 36.0 Å². The van der Waals surface area contributed by atoms with Crippen LogP contribution in [0.25, 0.3) is 16.7 Å². The largest absolute Gasteiger partial charge is 0.372 e. The monoisotopic (exact) mass is 384 g/mol. The van der Waals surface area contributed by atoms with E-state index in [4.69, 9.17) is 16.6 Å². The molecule has 2 N–H and O–H groups in total. The van der Waals surface area contributed by atoms with Crippen LogP contribution < -0.4 is 10.6 Å². The molecule has 1 aliphatic heterocycles. The molecule has 5 nitrogen and oxygen atoms in total. The number of benzene rings is 2. The molecule has 2 aromatic carbocycles. The topological polar surface area (TPSA) is 59.0 Å². The summed E-state index contributed by atoms with van der Waals surface area (Å²) < 4.78 is 2.14. The van der Waals surface area contributed by atoms with Gasteiger partial charge in [-0.3, -0.25) is 4.79 Å². The van der Waals surface area contributed by atoms with Crippen molar-refractivity contribution in [3.8, 4) is 0 Å². The van der Waals surface area contributed by atoms with Crippen molar-refractivity contribution in [3.63, 3.8) is 0 Å². The molecule has 4 rings (SSSR count). The van der Waals surface area contributed by atoms with E-state index in [0.717, 1.165) is 28.4 Å². The van der Waals surface area contributed by atoms with E-state index in [-0.39, 0.29) is 5.91 Å². The lowest BCUT2D eigenvalue weighted by Gasteiger charge is -2.11. The number of fused-ring (bicyclic) bond motifs is 1. The fourth-order valence-corrected chi connectivity index (χ4v) is 3.71. The van der Waals surface area contributed by atoms with Gasteiger partial charge in [0.15, 0.2) is 5.82 Å². The summed E-state index contributed by atoms with van der Waals surface area (Å²) in [5.74, 6) is 1.64. The maximum atomic E-state index is 12.3. The van der Waals surface area contributed by atoms with Gasteiger partial charge in [0.05, 0.1) is 22.6 Å². The molecule has 0 fully saturated rings. The summed E-state index contributed by atoms with van der Waals surface area (Å²) in [4.78, 5) is 17.0. The number of nitrogens with zero attached hydrogens (tertiary/aromatic N) is 2. The van der Waals surface area contributed by atoms with Gasteiger partial charge in [-0.1, -0.05) is 23.7 Å². The lowest BCUT2D eigenvalue weighted by Crippen LogP contribution is -2.27. The molecule has 26 heavy (non-hydrogen) atoms. The summed E-state index contributed by atoms with van der Waals surface area (Å²) in [7, 11) is 0. The van der Waals surface area contributed by atoms with E-state index in [9.17, 15) is 4.79 Å². The zero-order chi connectivity index (χ0) is 17.9. The summed E-state index contributed by atoms with van der Waals surface area (Å²) in [6.07, 6.45) is 0. The third-order valence-electron chi connectivity index (χ3n) is 4.17. The van der Waals surface area contributed by atoms with Gasteiger partial charge in [-0.25, -0.2) is 4.98 Å². The highest BCUT2D eigenvalue weighted by Crippen LogP contribution is 2.25. The Hall–Kier alpha value is -2.44. The second kappa shape index (κ2) is 7.43. The predicted molar refractivity (Wildman–Crippen MR) is 107 cm³/mol. The number of carbonyl (C=O) groups excluding carboxylic acids is 1. The molecule has 1 aliphatic rings. The molecular formula is C19H17ClN4OS. The number of rotatable bonds is 5. The van der Waals surface area contributed by atoms with Crippen molar-refractivity contribution in [2.24, 2.45) is 0 Å². The van der Waals surface area contributed by atoms with E-state index in [2.05, 4.69) is 26.7 Å².